The smallest absolute Gasteiger partial charge is 0.220 e. The predicted octanol–water partition coefficient (Wildman–Crippen LogP) is 2.45. The molecule has 0 aromatic heterocycles. The van der Waals surface area contributed by atoms with Gasteiger partial charge in [-0.05, 0) is 44.1 Å². The van der Waals surface area contributed by atoms with Gasteiger partial charge in [0.25, 0.3) is 0 Å². The third kappa shape index (κ3) is 5.07. The van der Waals surface area contributed by atoms with Gasteiger partial charge in [-0.1, -0.05) is 26.7 Å². The second kappa shape index (κ2) is 7.70. The van der Waals surface area contributed by atoms with Gasteiger partial charge in [0.2, 0.25) is 5.91 Å². The predicted molar refractivity (Wildman–Crippen MR) is 71.6 cm³/mol. The van der Waals surface area contributed by atoms with E-state index in [4.69, 9.17) is 5.73 Å². The number of amides is 1. The Bertz CT molecular complexity index is 230. The van der Waals surface area contributed by atoms with E-state index in [2.05, 4.69) is 19.2 Å². The van der Waals surface area contributed by atoms with Crippen LogP contribution in [0.1, 0.15) is 58.8 Å². The molecule has 0 aromatic rings. The Morgan fingerprint density at radius 3 is 2.71 bits per heavy atom. The Hall–Kier alpha value is -0.570. The fourth-order valence-electron chi connectivity index (χ4n) is 2.76. The van der Waals surface area contributed by atoms with Crippen molar-refractivity contribution in [1.82, 2.24) is 5.32 Å². The topological polar surface area (TPSA) is 55.1 Å². The minimum Gasteiger partial charge on any atom is -0.353 e. The molecule has 1 aliphatic rings. The van der Waals surface area contributed by atoms with E-state index in [1.165, 1.54) is 12.8 Å². The summed E-state index contributed by atoms with van der Waals surface area (Å²) in [6, 6.07) is 0.428. The molecule has 0 spiro atoms. The zero-order valence-corrected chi connectivity index (χ0v) is 11.4. The minimum absolute atomic E-state index is 0.235. The van der Waals surface area contributed by atoms with Crippen molar-refractivity contribution in [3.05, 3.63) is 0 Å². The molecule has 3 nitrogen and oxygen atoms in total. The molecule has 3 unspecified atom stereocenters. The Balaban J connectivity index is 2.20. The summed E-state index contributed by atoms with van der Waals surface area (Å²) in [5, 5.41) is 3.18. The first-order valence-corrected chi connectivity index (χ1v) is 7.16. The summed E-state index contributed by atoms with van der Waals surface area (Å²) in [5.41, 5.74) is 5.56. The lowest BCUT2D eigenvalue weighted by molar-refractivity contribution is -0.122. The maximum atomic E-state index is 11.8. The number of rotatable bonds is 7. The SMILES string of the molecule is CCC(CCN)CCC(=O)NC1CCCC1C. The van der Waals surface area contributed by atoms with Crippen LogP contribution in [-0.2, 0) is 4.79 Å². The number of nitrogens with one attached hydrogen (secondary N) is 1. The molecule has 1 amide bonds. The van der Waals surface area contributed by atoms with Gasteiger partial charge in [0, 0.05) is 12.5 Å². The van der Waals surface area contributed by atoms with E-state index >= 15 is 0 Å². The van der Waals surface area contributed by atoms with Crippen molar-refractivity contribution in [2.24, 2.45) is 17.6 Å². The molecule has 100 valence electrons. The number of carbonyl (C=O) groups is 1. The molecule has 17 heavy (non-hydrogen) atoms. The van der Waals surface area contributed by atoms with Gasteiger partial charge in [0.1, 0.15) is 0 Å². The lowest BCUT2D eigenvalue weighted by Gasteiger charge is -2.18. The van der Waals surface area contributed by atoms with Crippen molar-refractivity contribution in [2.75, 3.05) is 6.54 Å². The van der Waals surface area contributed by atoms with Crippen molar-refractivity contribution < 1.29 is 4.79 Å². The van der Waals surface area contributed by atoms with E-state index in [0.29, 0.717) is 24.3 Å². The van der Waals surface area contributed by atoms with Crippen LogP contribution < -0.4 is 11.1 Å². The first-order chi connectivity index (χ1) is 8.17. The molecular formula is C14H28N2O. The highest BCUT2D eigenvalue weighted by molar-refractivity contribution is 5.76. The molecule has 1 saturated carbocycles. The largest absolute Gasteiger partial charge is 0.353 e. The molecule has 0 radical (unpaired) electrons. The van der Waals surface area contributed by atoms with Crippen LogP contribution in [0.3, 0.4) is 0 Å². The van der Waals surface area contributed by atoms with Gasteiger partial charge in [-0.3, -0.25) is 4.79 Å². The molecule has 0 bridgehead atoms. The van der Waals surface area contributed by atoms with Crippen LogP contribution in [0.2, 0.25) is 0 Å². The summed E-state index contributed by atoms with van der Waals surface area (Å²) in [5.74, 6) is 1.51. The average Bonchev–Trinajstić information content (AvgIpc) is 2.70. The summed E-state index contributed by atoms with van der Waals surface area (Å²) in [6.07, 6.45) is 7.51. The normalized spacial score (nSPS) is 25.8. The number of hydrogen-bond acceptors (Lipinski definition) is 2. The highest BCUT2D eigenvalue weighted by Gasteiger charge is 2.24. The summed E-state index contributed by atoms with van der Waals surface area (Å²) < 4.78 is 0. The maximum absolute atomic E-state index is 11.8. The Kier molecular flexibility index (Phi) is 6.56. The zero-order chi connectivity index (χ0) is 12.7. The first kappa shape index (κ1) is 14.5. The Labute approximate surface area is 106 Å². The van der Waals surface area contributed by atoms with E-state index in [1.54, 1.807) is 0 Å². The van der Waals surface area contributed by atoms with Gasteiger partial charge in [0.15, 0.2) is 0 Å². The maximum Gasteiger partial charge on any atom is 0.220 e. The molecular weight excluding hydrogens is 212 g/mol. The van der Waals surface area contributed by atoms with Crippen molar-refractivity contribution >= 4 is 5.91 Å². The van der Waals surface area contributed by atoms with E-state index in [1.807, 2.05) is 0 Å². The van der Waals surface area contributed by atoms with Crippen LogP contribution in [0.25, 0.3) is 0 Å². The second-order valence-corrected chi connectivity index (χ2v) is 5.47. The van der Waals surface area contributed by atoms with Crippen LogP contribution >= 0.6 is 0 Å². The molecule has 1 aliphatic carbocycles. The number of nitrogens with two attached hydrogens (primary N) is 1. The van der Waals surface area contributed by atoms with Crippen molar-refractivity contribution in [3.8, 4) is 0 Å². The van der Waals surface area contributed by atoms with Gasteiger partial charge >= 0.3 is 0 Å². The molecule has 3 N–H and O–H groups in total. The quantitative estimate of drug-likeness (QED) is 0.718. The average molecular weight is 240 g/mol. The van der Waals surface area contributed by atoms with Gasteiger partial charge in [-0.2, -0.15) is 0 Å². The molecule has 3 atom stereocenters. The monoisotopic (exact) mass is 240 g/mol. The standard InChI is InChI=1S/C14H28N2O/c1-3-12(9-10-15)7-8-14(17)16-13-6-4-5-11(13)2/h11-13H,3-10,15H2,1-2H3,(H,16,17). The van der Waals surface area contributed by atoms with E-state index in [9.17, 15) is 4.79 Å². The van der Waals surface area contributed by atoms with Gasteiger partial charge in [0.05, 0.1) is 0 Å². The lowest BCUT2D eigenvalue weighted by Crippen LogP contribution is -2.36. The molecule has 0 aliphatic heterocycles. The Morgan fingerprint density at radius 1 is 1.41 bits per heavy atom. The summed E-state index contributed by atoms with van der Waals surface area (Å²) >= 11 is 0. The summed E-state index contributed by atoms with van der Waals surface area (Å²) in [7, 11) is 0. The van der Waals surface area contributed by atoms with E-state index in [-0.39, 0.29) is 5.91 Å². The van der Waals surface area contributed by atoms with Gasteiger partial charge < -0.3 is 11.1 Å². The molecule has 1 rings (SSSR count). The van der Waals surface area contributed by atoms with Crippen LogP contribution in [-0.4, -0.2) is 18.5 Å². The molecule has 0 heterocycles. The van der Waals surface area contributed by atoms with Crippen molar-refractivity contribution in [2.45, 2.75) is 64.8 Å². The van der Waals surface area contributed by atoms with Gasteiger partial charge in [-0.15, -0.1) is 0 Å². The third-order valence-corrected chi connectivity index (χ3v) is 4.14. The summed E-state index contributed by atoms with van der Waals surface area (Å²) in [4.78, 5) is 11.8. The second-order valence-electron chi connectivity index (χ2n) is 5.47. The van der Waals surface area contributed by atoms with Crippen LogP contribution in [0, 0.1) is 11.8 Å². The number of hydrogen-bond donors (Lipinski definition) is 2. The lowest BCUT2D eigenvalue weighted by atomic mass is 9.96. The fraction of sp³-hybridized carbons (Fsp3) is 0.929. The Morgan fingerprint density at radius 2 is 2.18 bits per heavy atom. The zero-order valence-electron chi connectivity index (χ0n) is 11.4. The molecule has 1 fully saturated rings. The fourth-order valence-corrected chi connectivity index (χ4v) is 2.76. The third-order valence-electron chi connectivity index (χ3n) is 4.14. The first-order valence-electron chi connectivity index (χ1n) is 7.16. The summed E-state index contributed by atoms with van der Waals surface area (Å²) in [6.45, 7) is 5.15. The van der Waals surface area contributed by atoms with E-state index < -0.39 is 0 Å². The van der Waals surface area contributed by atoms with Gasteiger partial charge in [-0.25, -0.2) is 0 Å². The molecule has 0 aromatic carbocycles. The van der Waals surface area contributed by atoms with Crippen molar-refractivity contribution in [3.63, 3.8) is 0 Å². The minimum atomic E-state index is 0.235. The molecule has 0 saturated heterocycles. The highest BCUT2D eigenvalue weighted by atomic mass is 16.1. The highest BCUT2D eigenvalue weighted by Crippen LogP contribution is 2.25. The van der Waals surface area contributed by atoms with Crippen LogP contribution in [0.15, 0.2) is 0 Å². The molecule has 3 heteroatoms. The number of carbonyl (C=O) groups excluding carboxylic acids is 1. The van der Waals surface area contributed by atoms with E-state index in [0.717, 1.165) is 32.2 Å². The van der Waals surface area contributed by atoms with Crippen LogP contribution in [0.4, 0.5) is 0 Å². The van der Waals surface area contributed by atoms with Crippen molar-refractivity contribution in [1.29, 1.82) is 0 Å². The van der Waals surface area contributed by atoms with Crippen LogP contribution in [0.5, 0.6) is 0 Å².